The number of halogens is 1. The third kappa shape index (κ3) is 17.8. The van der Waals surface area contributed by atoms with Crippen molar-refractivity contribution in [3.8, 4) is 0 Å². The summed E-state index contributed by atoms with van der Waals surface area (Å²) < 4.78 is 2.77. The fourth-order valence-corrected chi connectivity index (χ4v) is 10.1. The van der Waals surface area contributed by atoms with Gasteiger partial charge < -0.3 is 0 Å². The van der Waals surface area contributed by atoms with Crippen LogP contribution in [0.25, 0.3) is 0 Å². The van der Waals surface area contributed by atoms with Crippen molar-refractivity contribution in [2.75, 3.05) is 25.0 Å². The molecule has 0 amide bonds. The zero-order valence-corrected chi connectivity index (χ0v) is 25.2. The molecule has 0 aromatic heterocycles. The van der Waals surface area contributed by atoms with Crippen LogP contribution >= 0.6 is 33.8 Å². The number of hydrogen-bond donors (Lipinski definition) is 0. The van der Waals surface area contributed by atoms with E-state index in [0.717, 1.165) is 0 Å². The predicted molar refractivity (Wildman–Crippen MR) is 154 cm³/mol. The Morgan fingerprint density at radius 2 is 0.733 bits per heavy atom. The van der Waals surface area contributed by atoms with Gasteiger partial charge in [-0.2, -0.15) is 4.44 Å². The van der Waals surface area contributed by atoms with Crippen LogP contribution in [0.5, 0.6) is 0 Å². The molecule has 0 N–H and O–H groups in total. The molecule has 0 aliphatic rings. The molecule has 1 nitrogen and oxygen atoms in total. The molecule has 184 valence electrons. The molecule has 0 aliphatic heterocycles. The Bertz CT molecular complexity index is 287. The Morgan fingerprint density at radius 3 is 1.00 bits per heavy atom. The van der Waals surface area contributed by atoms with Gasteiger partial charge in [0.2, 0.25) is 0 Å². The van der Waals surface area contributed by atoms with Gasteiger partial charge in [0.05, 0.1) is 25.9 Å². The van der Waals surface area contributed by atoms with E-state index in [4.69, 9.17) is 0 Å². The summed E-state index contributed by atoms with van der Waals surface area (Å²) in [6, 6.07) is 0. The van der Waals surface area contributed by atoms with Crippen LogP contribution in [0.1, 0.15) is 143 Å². The molecule has 0 saturated heterocycles. The number of rotatable bonds is 23. The number of nitrogens with zero attached hydrogens (tertiary/aromatic N) is 1. The number of unbranched alkanes of at least 4 members (excludes halogenated alkanes) is 15. The summed E-state index contributed by atoms with van der Waals surface area (Å²) in [6.07, 6.45) is 30.6. The van der Waals surface area contributed by atoms with Crippen LogP contribution < -0.4 is 0 Å². The maximum Gasteiger partial charge on any atom is 0.0867 e. The fourth-order valence-electron chi connectivity index (χ4n) is 4.58. The highest BCUT2D eigenvalue weighted by Crippen LogP contribution is 2.65. The Labute approximate surface area is 206 Å². The van der Waals surface area contributed by atoms with E-state index in [1.807, 2.05) is 0 Å². The van der Waals surface area contributed by atoms with Gasteiger partial charge in [0.15, 0.2) is 0 Å². The van der Waals surface area contributed by atoms with E-state index >= 15 is 0 Å². The van der Waals surface area contributed by atoms with Crippen molar-refractivity contribution in [1.82, 2.24) is 4.44 Å². The zero-order valence-electron chi connectivity index (χ0n) is 21.4. The third-order valence-corrected chi connectivity index (χ3v) is 13.3. The Balaban J connectivity index is 0. The first-order valence-electron chi connectivity index (χ1n) is 13.6. The summed E-state index contributed by atoms with van der Waals surface area (Å²) in [4.78, 5) is 0. The van der Waals surface area contributed by atoms with Crippen LogP contribution in [0.3, 0.4) is 0 Å². The van der Waals surface area contributed by atoms with Crippen molar-refractivity contribution < 1.29 is 0 Å². The van der Waals surface area contributed by atoms with Gasteiger partial charge in [-0.1, -0.05) is 97.8 Å². The van der Waals surface area contributed by atoms with E-state index in [-0.39, 0.29) is 17.0 Å². The summed E-state index contributed by atoms with van der Waals surface area (Å²) in [5.74, 6) is 0. The van der Waals surface area contributed by atoms with Crippen molar-refractivity contribution in [3.05, 3.63) is 0 Å². The van der Waals surface area contributed by atoms with Gasteiger partial charge in [-0.3, -0.25) is 0 Å². The lowest BCUT2D eigenvalue weighted by Gasteiger charge is -2.34. The van der Waals surface area contributed by atoms with Crippen molar-refractivity contribution in [2.24, 2.45) is 0 Å². The van der Waals surface area contributed by atoms with Gasteiger partial charge in [0, 0.05) is 6.54 Å². The molecular formula is C26H59BrNP2+. The zero-order chi connectivity index (χ0) is 21.6. The Morgan fingerprint density at radius 1 is 0.467 bits per heavy atom. The molecule has 0 aliphatic carbocycles. The molecule has 30 heavy (non-hydrogen) atoms. The lowest BCUT2D eigenvalue weighted by molar-refractivity contribution is 0.605. The molecule has 0 rings (SSSR count). The predicted octanol–water partition coefficient (Wildman–Crippen LogP) is 10.7. The molecule has 0 radical (unpaired) electrons. The molecule has 0 heterocycles. The highest BCUT2D eigenvalue weighted by Gasteiger charge is 2.40. The van der Waals surface area contributed by atoms with Crippen LogP contribution in [-0.4, -0.2) is 29.5 Å². The second-order valence-corrected chi connectivity index (χ2v) is 14.4. The molecule has 0 fully saturated rings. The van der Waals surface area contributed by atoms with E-state index in [1.54, 1.807) is 0 Å². The molecule has 1 unspecified atom stereocenters. The molecule has 0 saturated carbocycles. The smallest absolute Gasteiger partial charge is 0.0867 e. The molecule has 0 bridgehead atoms. The SMILES string of the molecule is Br.CCCCCCCC[P+](CCCCCCCC)(CCCCCCCC)N(P)CC. The third-order valence-electron chi connectivity index (χ3n) is 6.65. The quantitative estimate of drug-likeness (QED) is 0.0944. The van der Waals surface area contributed by atoms with Crippen molar-refractivity contribution in [1.29, 1.82) is 0 Å². The summed E-state index contributed by atoms with van der Waals surface area (Å²) in [7, 11) is 2.22. The standard InChI is InChI=1S/C26H58NP2.BrH/c1-5-9-12-15-18-21-24-29(27(28)8-4,25-22-19-16-13-10-6-2)26-23-20-17-14-11-7-3;/h5-26,28H2,1-4H3;1H/q+1;. The van der Waals surface area contributed by atoms with Crippen LogP contribution in [-0.2, 0) is 0 Å². The Hall–Kier alpha value is 1.30. The summed E-state index contributed by atoms with van der Waals surface area (Å²) >= 11 is 0. The summed E-state index contributed by atoms with van der Waals surface area (Å²) in [6.45, 7) is 10.6. The molecular weight excluding hydrogens is 468 g/mol. The van der Waals surface area contributed by atoms with E-state index in [9.17, 15) is 0 Å². The van der Waals surface area contributed by atoms with Gasteiger partial charge >= 0.3 is 0 Å². The molecule has 4 heteroatoms. The largest absolute Gasteiger partial charge is 0.167 e. The lowest BCUT2D eigenvalue weighted by atomic mass is 10.1. The second-order valence-electron chi connectivity index (χ2n) is 9.32. The monoisotopic (exact) mass is 526 g/mol. The van der Waals surface area contributed by atoms with E-state index in [1.165, 1.54) is 141 Å². The first-order valence-corrected chi connectivity index (χ1v) is 16.4. The highest BCUT2D eigenvalue weighted by molar-refractivity contribution is 8.93. The number of hydrogen-bond acceptors (Lipinski definition) is 1. The van der Waals surface area contributed by atoms with Crippen LogP contribution in [0.15, 0.2) is 0 Å². The summed E-state index contributed by atoms with van der Waals surface area (Å²) in [5.41, 5.74) is 0. The van der Waals surface area contributed by atoms with Crippen molar-refractivity contribution >= 4 is 33.8 Å². The van der Waals surface area contributed by atoms with Crippen molar-refractivity contribution in [2.45, 2.75) is 143 Å². The van der Waals surface area contributed by atoms with Crippen LogP contribution in [0, 0.1) is 0 Å². The first kappa shape index (κ1) is 33.5. The topological polar surface area (TPSA) is 3.24 Å². The average Bonchev–Trinajstić information content (AvgIpc) is 2.74. The van der Waals surface area contributed by atoms with E-state index in [0.29, 0.717) is 0 Å². The first-order chi connectivity index (χ1) is 14.2. The minimum Gasteiger partial charge on any atom is -0.167 e. The normalized spacial score (nSPS) is 11.8. The van der Waals surface area contributed by atoms with Gasteiger partial charge in [0.25, 0.3) is 0 Å². The fraction of sp³-hybridized carbons (Fsp3) is 1.00. The molecule has 1 atom stereocenters. The highest BCUT2D eigenvalue weighted by atomic mass is 79.9. The minimum atomic E-state index is -0.958. The second kappa shape index (κ2) is 24.9. The molecule has 0 aromatic carbocycles. The average molecular weight is 528 g/mol. The lowest BCUT2D eigenvalue weighted by Crippen LogP contribution is -2.22. The van der Waals surface area contributed by atoms with Gasteiger partial charge in [-0.25, -0.2) is 0 Å². The van der Waals surface area contributed by atoms with Crippen LogP contribution in [0.2, 0.25) is 0 Å². The van der Waals surface area contributed by atoms with Crippen molar-refractivity contribution in [3.63, 3.8) is 0 Å². The van der Waals surface area contributed by atoms with Gasteiger partial charge in [-0.05, 0) is 54.8 Å². The summed E-state index contributed by atoms with van der Waals surface area (Å²) in [5, 5.41) is 0. The van der Waals surface area contributed by atoms with Gasteiger partial charge in [0.1, 0.15) is 0 Å². The van der Waals surface area contributed by atoms with Gasteiger partial charge in [-0.15, -0.1) is 17.0 Å². The van der Waals surface area contributed by atoms with E-state index in [2.05, 4.69) is 41.5 Å². The Kier molecular flexibility index (Phi) is 27.8. The minimum absolute atomic E-state index is 0. The maximum absolute atomic E-state index is 3.18. The molecule has 0 aromatic rings. The maximum atomic E-state index is 3.18. The molecule has 0 spiro atoms. The van der Waals surface area contributed by atoms with E-state index < -0.39 is 7.41 Å². The van der Waals surface area contributed by atoms with Crippen LogP contribution in [0.4, 0.5) is 0 Å².